The summed E-state index contributed by atoms with van der Waals surface area (Å²) in [7, 11) is 1.64. The predicted octanol–water partition coefficient (Wildman–Crippen LogP) is 4.81. The Hall–Kier alpha value is -2.73. The number of halogens is 1. The molecule has 1 atom stereocenters. The first-order valence-electron chi connectivity index (χ1n) is 11.7. The standard InChI is InChI=1S/C26H34ClN3O3/c1-18-7-6-10-22(24(18)27)25(31)30-17-23(19-8-4-3-5-9-19)26(32)29-16-15-28-20-11-13-21(33-2)14-12-20/h6-7,10-14,19,23,28H,3-5,8-9,15-17H2,1-2H3,(H,29,32)(H,30,31). The van der Waals surface area contributed by atoms with Gasteiger partial charge in [-0.15, -0.1) is 0 Å². The third kappa shape index (κ3) is 7.13. The Bertz CT molecular complexity index is 927. The third-order valence-electron chi connectivity index (χ3n) is 6.32. The average Bonchev–Trinajstić information content (AvgIpc) is 2.84. The lowest BCUT2D eigenvalue weighted by Crippen LogP contribution is -2.44. The van der Waals surface area contributed by atoms with E-state index in [4.69, 9.17) is 16.3 Å². The molecular formula is C26H34ClN3O3. The molecule has 0 saturated heterocycles. The lowest BCUT2D eigenvalue weighted by atomic mass is 9.79. The molecule has 2 amide bonds. The number of rotatable bonds is 10. The number of benzene rings is 2. The largest absolute Gasteiger partial charge is 0.497 e. The van der Waals surface area contributed by atoms with Crippen LogP contribution in [-0.2, 0) is 4.79 Å². The fraction of sp³-hybridized carbons (Fsp3) is 0.462. The van der Waals surface area contributed by atoms with E-state index in [1.165, 1.54) is 6.42 Å². The van der Waals surface area contributed by atoms with E-state index in [0.29, 0.717) is 30.2 Å². The van der Waals surface area contributed by atoms with Gasteiger partial charge in [-0.2, -0.15) is 0 Å². The summed E-state index contributed by atoms with van der Waals surface area (Å²) in [5, 5.41) is 9.77. The van der Waals surface area contributed by atoms with E-state index >= 15 is 0 Å². The molecule has 0 bridgehead atoms. The molecule has 33 heavy (non-hydrogen) atoms. The average molecular weight is 472 g/mol. The maximum Gasteiger partial charge on any atom is 0.252 e. The molecular weight excluding hydrogens is 438 g/mol. The van der Waals surface area contributed by atoms with Crippen LogP contribution in [0.3, 0.4) is 0 Å². The Morgan fingerprint density at radius 2 is 1.76 bits per heavy atom. The van der Waals surface area contributed by atoms with Crippen molar-refractivity contribution in [2.75, 3.05) is 32.1 Å². The molecule has 2 aromatic rings. The maximum atomic E-state index is 13.1. The summed E-state index contributed by atoms with van der Waals surface area (Å²) in [5.41, 5.74) is 2.27. The van der Waals surface area contributed by atoms with Crippen LogP contribution in [0.2, 0.25) is 5.02 Å². The molecule has 0 aromatic heterocycles. The maximum absolute atomic E-state index is 13.1. The molecule has 0 heterocycles. The van der Waals surface area contributed by atoms with Gasteiger partial charge in [-0.1, -0.05) is 43.0 Å². The van der Waals surface area contributed by atoms with Crippen molar-refractivity contribution in [3.05, 3.63) is 58.6 Å². The SMILES string of the molecule is COc1ccc(NCCNC(=O)C(CNC(=O)c2cccc(C)c2Cl)C2CCCCC2)cc1. The molecule has 1 saturated carbocycles. The summed E-state index contributed by atoms with van der Waals surface area (Å²) >= 11 is 6.31. The first-order valence-corrected chi connectivity index (χ1v) is 12.1. The lowest BCUT2D eigenvalue weighted by molar-refractivity contribution is -0.126. The quantitative estimate of drug-likeness (QED) is 0.434. The smallest absolute Gasteiger partial charge is 0.252 e. The molecule has 1 aliphatic rings. The van der Waals surface area contributed by atoms with Gasteiger partial charge >= 0.3 is 0 Å². The van der Waals surface area contributed by atoms with Gasteiger partial charge in [0.2, 0.25) is 5.91 Å². The second-order valence-electron chi connectivity index (χ2n) is 8.60. The van der Waals surface area contributed by atoms with Crippen molar-refractivity contribution in [2.24, 2.45) is 11.8 Å². The molecule has 1 unspecified atom stereocenters. The summed E-state index contributed by atoms with van der Waals surface area (Å²) in [5.74, 6) is 0.589. The molecule has 0 aliphatic heterocycles. The van der Waals surface area contributed by atoms with Gasteiger partial charge in [0.1, 0.15) is 5.75 Å². The van der Waals surface area contributed by atoms with Crippen LogP contribution in [0.4, 0.5) is 5.69 Å². The molecule has 0 spiro atoms. The molecule has 2 aromatic carbocycles. The fourth-order valence-corrected chi connectivity index (χ4v) is 4.57. The van der Waals surface area contributed by atoms with Gasteiger partial charge in [-0.05, 0) is 61.6 Å². The zero-order chi connectivity index (χ0) is 23.6. The van der Waals surface area contributed by atoms with E-state index in [0.717, 1.165) is 42.7 Å². The number of nitrogens with one attached hydrogen (secondary N) is 3. The number of hydrogen-bond donors (Lipinski definition) is 3. The predicted molar refractivity (Wildman–Crippen MR) is 133 cm³/mol. The first kappa shape index (κ1) is 24.9. The molecule has 6 nitrogen and oxygen atoms in total. The Morgan fingerprint density at radius 3 is 2.45 bits per heavy atom. The zero-order valence-corrected chi connectivity index (χ0v) is 20.2. The van der Waals surface area contributed by atoms with Crippen molar-refractivity contribution in [2.45, 2.75) is 39.0 Å². The highest BCUT2D eigenvalue weighted by molar-refractivity contribution is 6.34. The van der Waals surface area contributed by atoms with Crippen molar-refractivity contribution in [3.63, 3.8) is 0 Å². The lowest BCUT2D eigenvalue weighted by Gasteiger charge is -2.29. The van der Waals surface area contributed by atoms with E-state index < -0.39 is 0 Å². The van der Waals surface area contributed by atoms with Crippen LogP contribution in [0.1, 0.15) is 48.0 Å². The Labute approximate surface area is 201 Å². The minimum Gasteiger partial charge on any atom is -0.497 e. The minimum atomic E-state index is -0.251. The number of anilines is 1. The number of carbonyl (C=O) groups excluding carboxylic acids is 2. The summed E-state index contributed by atoms with van der Waals surface area (Å²) in [6.45, 7) is 3.30. The summed E-state index contributed by atoms with van der Waals surface area (Å²) in [4.78, 5) is 25.8. The number of amides is 2. The monoisotopic (exact) mass is 471 g/mol. The Morgan fingerprint density at radius 1 is 1.03 bits per heavy atom. The Balaban J connectivity index is 1.54. The van der Waals surface area contributed by atoms with Crippen molar-refractivity contribution in [1.82, 2.24) is 10.6 Å². The third-order valence-corrected chi connectivity index (χ3v) is 6.82. The summed E-state index contributed by atoms with van der Waals surface area (Å²) in [6, 6.07) is 13.1. The highest BCUT2D eigenvalue weighted by Gasteiger charge is 2.30. The van der Waals surface area contributed by atoms with Gasteiger partial charge in [0.15, 0.2) is 0 Å². The fourth-order valence-electron chi connectivity index (χ4n) is 4.36. The van der Waals surface area contributed by atoms with Gasteiger partial charge in [-0.3, -0.25) is 9.59 Å². The van der Waals surface area contributed by atoms with Crippen LogP contribution in [0.15, 0.2) is 42.5 Å². The van der Waals surface area contributed by atoms with Crippen LogP contribution < -0.4 is 20.7 Å². The van der Waals surface area contributed by atoms with Crippen molar-refractivity contribution in [1.29, 1.82) is 0 Å². The molecule has 3 rings (SSSR count). The minimum absolute atomic E-state index is 0.00549. The van der Waals surface area contributed by atoms with Crippen molar-refractivity contribution < 1.29 is 14.3 Å². The molecule has 7 heteroatoms. The summed E-state index contributed by atoms with van der Waals surface area (Å²) < 4.78 is 5.17. The van der Waals surface area contributed by atoms with E-state index in [-0.39, 0.29) is 23.7 Å². The number of carbonyl (C=O) groups is 2. The van der Waals surface area contributed by atoms with Gasteiger partial charge in [-0.25, -0.2) is 0 Å². The van der Waals surface area contributed by atoms with E-state index in [1.54, 1.807) is 13.2 Å². The highest BCUT2D eigenvalue weighted by atomic mass is 35.5. The highest BCUT2D eigenvalue weighted by Crippen LogP contribution is 2.30. The van der Waals surface area contributed by atoms with E-state index in [9.17, 15) is 9.59 Å². The van der Waals surface area contributed by atoms with Gasteiger partial charge in [0.05, 0.1) is 23.6 Å². The molecule has 1 fully saturated rings. The van der Waals surface area contributed by atoms with Crippen LogP contribution in [0, 0.1) is 18.8 Å². The number of hydrogen-bond acceptors (Lipinski definition) is 4. The van der Waals surface area contributed by atoms with Crippen LogP contribution in [0.25, 0.3) is 0 Å². The van der Waals surface area contributed by atoms with Gasteiger partial charge < -0.3 is 20.7 Å². The Kier molecular flexibility index (Phi) is 9.43. The van der Waals surface area contributed by atoms with Crippen LogP contribution in [0.5, 0.6) is 5.75 Å². The second-order valence-corrected chi connectivity index (χ2v) is 8.98. The van der Waals surface area contributed by atoms with E-state index in [1.807, 2.05) is 43.3 Å². The zero-order valence-electron chi connectivity index (χ0n) is 19.5. The molecule has 3 N–H and O–H groups in total. The second kappa shape index (κ2) is 12.5. The van der Waals surface area contributed by atoms with Gasteiger partial charge in [0.25, 0.3) is 5.91 Å². The topological polar surface area (TPSA) is 79.5 Å². The molecule has 1 aliphatic carbocycles. The van der Waals surface area contributed by atoms with E-state index in [2.05, 4.69) is 16.0 Å². The number of methoxy groups -OCH3 is 1. The molecule has 178 valence electrons. The van der Waals surface area contributed by atoms with Crippen LogP contribution >= 0.6 is 11.6 Å². The van der Waals surface area contributed by atoms with Gasteiger partial charge in [0, 0.05) is 25.3 Å². The molecule has 0 radical (unpaired) electrons. The van der Waals surface area contributed by atoms with Crippen LogP contribution in [-0.4, -0.2) is 38.6 Å². The first-order chi connectivity index (χ1) is 16.0. The summed E-state index contributed by atoms with van der Waals surface area (Å²) in [6.07, 6.45) is 5.50. The van der Waals surface area contributed by atoms with Crippen molar-refractivity contribution in [3.8, 4) is 5.75 Å². The number of ether oxygens (including phenoxy) is 1. The van der Waals surface area contributed by atoms with Crippen molar-refractivity contribution >= 4 is 29.1 Å². The number of aryl methyl sites for hydroxylation is 1. The normalized spacial score (nSPS) is 14.9.